The second-order valence-corrected chi connectivity index (χ2v) is 10.7. The third-order valence-corrected chi connectivity index (χ3v) is 7.52. The first-order valence-electron chi connectivity index (χ1n) is 11.1. The Hall–Kier alpha value is -3.16. The van der Waals surface area contributed by atoms with Gasteiger partial charge in [0.2, 0.25) is 10.0 Å². The Morgan fingerprint density at radius 2 is 1.73 bits per heavy atom. The van der Waals surface area contributed by atoms with Crippen LogP contribution in [0.5, 0.6) is 0 Å². The zero-order chi connectivity index (χ0) is 27.5. The van der Waals surface area contributed by atoms with Gasteiger partial charge in [-0.25, -0.2) is 27.9 Å². The number of carboxylic acid groups (broad SMARTS) is 1. The number of nitrogens with one attached hydrogen (secondary N) is 2. The van der Waals surface area contributed by atoms with Gasteiger partial charge in [0.25, 0.3) is 0 Å². The number of carboxylic acids is 1. The molecule has 2 atom stereocenters. The van der Waals surface area contributed by atoms with E-state index in [1.54, 1.807) is 24.3 Å². The number of anilines is 3. The minimum absolute atomic E-state index is 0.187. The van der Waals surface area contributed by atoms with Crippen LogP contribution in [0.4, 0.5) is 30.4 Å². The third-order valence-electron chi connectivity index (χ3n) is 5.87. The molecule has 4 rings (SSSR count). The molecule has 2 unspecified atom stereocenters. The smallest absolute Gasteiger partial charge is 0.475 e. The Morgan fingerprint density at radius 1 is 1.11 bits per heavy atom. The molecule has 1 saturated heterocycles. The number of benzene rings is 2. The van der Waals surface area contributed by atoms with Gasteiger partial charge in [-0.1, -0.05) is 11.6 Å². The van der Waals surface area contributed by atoms with Crippen molar-refractivity contribution in [1.29, 1.82) is 0 Å². The molecule has 200 valence electrons. The van der Waals surface area contributed by atoms with Crippen LogP contribution in [0.2, 0.25) is 5.02 Å². The molecule has 0 aliphatic carbocycles. The lowest BCUT2D eigenvalue weighted by Crippen LogP contribution is -2.33. The molecule has 0 amide bonds. The maximum atomic E-state index is 12.4. The lowest BCUT2D eigenvalue weighted by atomic mass is 10.2. The standard InChI is InChI=1S/C21H24ClN5O2S.C2HF3O2/c1-13-4-5-14(2)27(13)20-9-7-16(30(28,29)23-3)11-19(20)26-21-17-10-15(22)6-8-18(17)24-12-25-21;3-2(4,5)1(6)7/h6-14,23H,4-5H2,1-3H3,(H,24,25,26);(H,6,7). The molecule has 0 bridgehead atoms. The van der Waals surface area contributed by atoms with E-state index in [0.717, 1.165) is 29.4 Å². The summed E-state index contributed by atoms with van der Waals surface area (Å²) in [5, 5.41) is 11.8. The van der Waals surface area contributed by atoms with Gasteiger partial charge in [0, 0.05) is 22.5 Å². The molecule has 14 heteroatoms. The monoisotopic (exact) mass is 559 g/mol. The number of rotatable bonds is 5. The van der Waals surface area contributed by atoms with Gasteiger partial charge in [-0.05, 0) is 70.1 Å². The van der Waals surface area contributed by atoms with Gasteiger partial charge in [0.15, 0.2) is 0 Å². The lowest BCUT2D eigenvalue weighted by Gasteiger charge is -2.31. The highest BCUT2D eigenvalue weighted by Crippen LogP contribution is 2.38. The van der Waals surface area contributed by atoms with Crippen molar-refractivity contribution in [2.75, 3.05) is 17.3 Å². The zero-order valence-electron chi connectivity index (χ0n) is 20.0. The molecule has 0 spiro atoms. The predicted molar refractivity (Wildman–Crippen MR) is 135 cm³/mol. The number of alkyl halides is 3. The van der Waals surface area contributed by atoms with Crippen LogP contribution >= 0.6 is 11.6 Å². The summed E-state index contributed by atoms with van der Waals surface area (Å²) in [5.74, 6) is -2.19. The van der Waals surface area contributed by atoms with E-state index in [1.165, 1.54) is 13.4 Å². The fourth-order valence-electron chi connectivity index (χ4n) is 4.05. The van der Waals surface area contributed by atoms with Crippen LogP contribution in [0.1, 0.15) is 26.7 Å². The SMILES string of the molecule is CNS(=O)(=O)c1ccc(N2C(C)CCC2C)c(Nc2ncnc3ccc(Cl)cc23)c1.O=C(O)C(F)(F)F. The molecular weight excluding hydrogens is 535 g/mol. The molecule has 9 nitrogen and oxygen atoms in total. The maximum absolute atomic E-state index is 12.4. The third kappa shape index (κ3) is 6.59. The van der Waals surface area contributed by atoms with Crippen LogP contribution in [0, 0.1) is 0 Å². The number of fused-ring (bicyclic) bond motifs is 1. The molecule has 0 saturated carbocycles. The van der Waals surface area contributed by atoms with Crippen LogP contribution in [0.3, 0.4) is 0 Å². The highest BCUT2D eigenvalue weighted by molar-refractivity contribution is 7.89. The molecular formula is C23H25ClF3N5O4S. The summed E-state index contributed by atoms with van der Waals surface area (Å²) in [7, 11) is -2.19. The first-order valence-corrected chi connectivity index (χ1v) is 12.9. The molecule has 3 aromatic rings. The normalized spacial score (nSPS) is 17.9. The van der Waals surface area contributed by atoms with Crippen molar-refractivity contribution >= 4 is 55.7 Å². The van der Waals surface area contributed by atoms with Crippen molar-refractivity contribution in [2.24, 2.45) is 0 Å². The molecule has 1 aliphatic rings. The van der Waals surface area contributed by atoms with E-state index in [1.807, 2.05) is 12.1 Å². The summed E-state index contributed by atoms with van der Waals surface area (Å²) < 4.78 is 59.0. The fourth-order valence-corrected chi connectivity index (χ4v) is 4.98. The molecule has 0 radical (unpaired) electrons. The first kappa shape index (κ1) is 28.4. The summed E-state index contributed by atoms with van der Waals surface area (Å²) in [6.07, 6.45) is -1.43. The second-order valence-electron chi connectivity index (χ2n) is 8.38. The van der Waals surface area contributed by atoms with Crippen molar-refractivity contribution in [3.8, 4) is 0 Å². The number of halogens is 4. The van der Waals surface area contributed by atoms with Crippen molar-refractivity contribution in [2.45, 2.75) is 49.8 Å². The van der Waals surface area contributed by atoms with E-state index in [0.29, 0.717) is 28.6 Å². The van der Waals surface area contributed by atoms with E-state index >= 15 is 0 Å². The molecule has 1 fully saturated rings. The number of sulfonamides is 1. The van der Waals surface area contributed by atoms with Crippen LogP contribution < -0.4 is 14.9 Å². The minimum atomic E-state index is -5.08. The van der Waals surface area contributed by atoms with Crippen LogP contribution in [-0.4, -0.2) is 54.8 Å². The highest BCUT2D eigenvalue weighted by atomic mass is 35.5. The van der Waals surface area contributed by atoms with Crippen molar-refractivity contribution in [3.05, 3.63) is 47.7 Å². The van der Waals surface area contributed by atoms with Gasteiger partial charge < -0.3 is 15.3 Å². The second kappa shape index (κ2) is 11.1. The molecule has 37 heavy (non-hydrogen) atoms. The van der Waals surface area contributed by atoms with Gasteiger partial charge in [0.05, 0.1) is 21.8 Å². The van der Waals surface area contributed by atoms with E-state index in [4.69, 9.17) is 21.5 Å². The van der Waals surface area contributed by atoms with E-state index in [2.05, 4.69) is 38.8 Å². The van der Waals surface area contributed by atoms with E-state index in [-0.39, 0.29) is 4.90 Å². The Labute approximate surface area is 216 Å². The molecule has 3 N–H and O–H groups in total. The van der Waals surface area contributed by atoms with Crippen molar-refractivity contribution in [3.63, 3.8) is 0 Å². The van der Waals surface area contributed by atoms with E-state index in [9.17, 15) is 21.6 Å². The zero-order valence-corrected chi connectivity index (χ0v) is 21.6. The average Bonchev–Trinajstić information content (AvgIpc) is 3.17. The summed E-state index contributed by atoms with van der Waals surface area (Å²) in [5.41, 5.74) is 2.36. The van der Waals surface area contributed by atoms with Crippen LogP contribution in [0.25, 0.3) is 10.9 Å². The van der Waals surface area contributed by atoms with Crippen LogP contribution in [-0.2, 0) is 14.8 Å². The minimum Gasteiger partial charge on any atom is -0.475 e. The summed E-state index contributed by atoms with van der Waals surface area (Å²) in [6, 6.07) is 11.3. The van der Waals surface area contributed by atoms with Gasteiger partial charge in [-0.15, -0.1) is 0 Å². The number of aromatic nitrogens is 2. The molecule has 2 heterocycles. The lowest BCUT2D eigenvalue weighted by molar-refractivity contribution is -0.192. The summed E-state index contributed by atoms with van der Waals surface area (Å²) in [4.78, 5) is 20.1. The molecule has 1 aromatic heterocycles. The van der Waals surface area contributed by atoms with E-state index < -0.39 is 22.2 Å². The predicted octanol–water partition coefficient (Wildman–Crippen LogP) is 4.95. The topological polar surface area (TPSA) is 125 Å². The maximum Gasteiger partial charge on any atom is 0.490 e. The summed E-state index contributed by atoms with van der Waals surface area (Å²) >= 11 is 6.19. The number of hydrogen-bond acceptors (Lipinski definition) is 7. The van der Waals surface area contributed by atoms with Gasteiger partial charge in [-0.2, -0.15) is 13.2 Å². The number of carbonyl (C=O) groups is 1. The summed E-state index contributed by atoms with van der Waals surface area (Å²) in [6.45, 7) is 4.37. The quantitative estimate of drug-likeness (QED) is 0.401. The highest BCUT2D eigenvalue weighted by Gasteiger charge is 2.38. The number of hydrogen-bond donors (Lipinski definition) is 3. The van der Waals surface area contributed by atoms with Gasteiger partial charge in [0.1, 0.15) is 12.1 Å². The Kier molecular flexibility index (Phi) is 8.50. The fraction of sp³-hybridized carbons (Fsp3) is 0.348. The average molecular weight is 560 g/mol. The Balaban J connectivity index is 0.000000479. The van der Waals surface area contributed by atoms with Crippen LogP contribution in [0.15, 0.2) is 47.6 Å². The Morgan fingerprint density at radius 3 is 2.30 bits per heavy atom. The number of aliphatic carboxylic acids is 1. The Bertz CT molecular complexity index is 1390. The largest absolute Gasteiger partial charge is 0.490 e. The molecule has 2 aromatic carbocycles. The van der Waals surface area contributed by atoms with Crippen molar-refractivity contribution in [1.82, 2.24) is 14.7 Å². The first-order chi connectivity index (χ1) is 17.2. The number of nitrogens with zero attached hydrogens (tertiary/aromatic N) is 3. The van der Waals surface area contributed by atoms with Crippen molar-refractivity contribution < 1.29 is 31.5 Å². The van der Waals surface area contributed by atoms with Gasteiger partial charge in [-0.3, -0.25) is 0 Å². The molecule has 1 aliphatic heterocycles. The van der Waals surface area contributed by atoms with Gasteiger partial charge >= 0.3 is 12.1 Å².